The van der Waals surface area contributed by atoms with Crippen LogP contribution >= 0.6 is 0 Å². The number of nitrogens with zero attached hydrogens (tertiary/aromatic N) is 3. The largest absolute Gasteiger partial charge is 0.493 e. The molecule has 7 heteroatoms. The van der Waals surface area contributed by atoms with Crippen molar-refractivity contribution in [1.29, 1.82) is 0 Å². The van der Waals surface area contributed by atoms with Gasteiger partial charge in [0.1, 0.15) is 0 Å². The molecule has 0 spiro atoms. The number of hydrogen-bond donors (Lipinski definition) is 2. The average Bonchev–Trinajstić information content (AvgIpc) is 3.09. The summed E-state index contributed by atoms with van der Waals surface area (Å²) in [4.78, 5) is 4.34. The van der Waals surface area contributed by atoms with E-state index in [1.165, 1.54) is 5.56 Å². The van der Waals surface area contributed by atoms with Crippen LogP contribution in [0.3, 0.4) is 0 Å². The van der Waals surface area contributed by atoms with E-state index in [4.69, 9.17) is 14.6 Å². The first-order valence-corrected chi connectivity index (χ1v) is 10.3. The van der Waals surface area contributed by atoms with E-state index in [2.05, 4.69) is 34.7 Å². The number of benzene rings is 2. The molecular weight excluding hydrogens is 390 g/mol. The minimum absolute atomic E-state index is 0.653. The van der Waals surface area contributed by atoms with Gasteiger partial charge in [0.15, 0.2) is 17.5 Å². The second kappa shape index (κ2) is 10.5. The summed E-state index contributed by atoms with van der Waals surface area (Å²) < 4.78 is 12.7. The number of aromatic nitrogens is 2. The maximum atomic E-state index is 5.38. The van der Waals surface area contributed by atoms with E-state index < -0.39 is 0 Å². The molecular formula is C24H31N5O2. The number of aliphatic imine (C=N–C) groups is 1. The van der Waals surface area contributed by atoms with E-state index in [9.17, 15) is 0 Å². The van der Waals surface area contributed by atoms with Crippen LogP contribution in [-0.4, -0.2) is 43.6 Å². The molecule has 3 aromatic rings. The van der Waals surface area contributed by atoms with Crippen LogP contribution in [0.15, 0.2) is 53.5 Å². The lowest BCUT2D eigenvalue weighted by atomic mass is 10.1. The Morgan fingerprint density at radius 3 is 2.42 bits per heavy atom. The summed E-state index contributed by atoms with van der Waals surface area (Å²) in [5.41, 5.74) is 5.53. The molecule has 1 heterocycles. The van der Waals surface area contributed by atoms with E-state index in [-0.39, 0.29) is 0 Å². The van der Waals surface area contributed by atoms with Gasteiger partial charge < -0.3 is 20.1 Å². The number of nitrogens with one attached hydrogen (secondary N) is 2. The molecule has 0 saturated heterocycles. The maximum absolute atomic E-state index is 5.38. The summed E-state index contributed by atoms with van der Waals surface area (Å²) in [5.74, 6) is 2.23. The number of para-hydroxylation sites is 1. The van der Waals surface area contributed by atoms with Crippen LogP contribution in [-0.2, 0) is 13.0 Å². The molecule has 0 unspecified atom stereocenters. The van der Waals surface area contributed by atoms with Gasteiger partial charge in [0, 0.05) is 31.4 Å². The van der Waals surface area contributed by atoms with Crippen molar-refractivity contribution in [2.75, 3.05) is 27.8 Å². The Morgan fingerprint density at radius 1 is 1.00 bits per heavy atom. The van der Waals surface area contributed by atoms with Gasteiger partial charge in [0.25, 0.3) is 0 Å². The second-order valence-corrected chi connectivity index (χ2v) is 7.19. The first-order valence-electron chi connectivity index (χ1n) is 10.3. The van der Waals surface area contributed by atoms with Gasteiger partial charge in [-0.15, -0.1) is 0 Å². The van der Waals surface area contributed by atoms with Crippen LogP contribution in [0.4, 0.5) is 0 Å². The highest BCUT2D eigenvalue weighted by atomic mass is 16.5. The lowest BCUT2D eigenvalue weighted by Crippen LogP contribution is -2.38. The van der Waals surface area contributed by atoms with E-state index in [1.54, 1.807) is 21.3 Å². The van der Waals surface area contributed by atoms with Crippen molar-refractivity contribution >= 4 is 5.96 Å². The lowest BCUT2D eigenvalue weighted by molar-refractivity contribution is 0.354. The van der Waals surface area contributed by atoms with Crippen molar-refractivity contribution in [3.8, 4) is 17.2 Å². The van der Waals surface area contributed by atoms with E-state index in [0.29, 0.717) is 6.54 Å². The molecule has 31 heavy (non-hydrogen) atoms. The highest BCUT2D eigenvalue weighted by Crippen LogP contribution is 2.27. The second-order valence-electron chi connectivity index (χ2n) is 7.19. The van der Waals surface area contributed by atoms with Gasteiger partial charge in [-0.05, 0) is 50.1 Å². The van der Waals surface area contributed by atoms with Crippen LogP contribution < -0.4 is 20.1 Å². The lowest BCUT2D eigenvalue weighted by Gasteiger charge is -2.13. The summed E-state index contributed by atoms with van der Waals surface area (Å²) in [5, 5.41) is 11.5. The van der Waals surface area contributed by atoms with Crippen LogP contribution in [0.5, 0.6) is 11.5 Å². The molecule has 7 nitrogen and oxygen atoms in total. The first kappa shape index (κ1) is 22.2. The van der Waals surface area contributed by atoms with E-state index >= 15 is 0 Å². The van der Waals surface area contributed by atoms with Crippen molar-refractivity contribution in [2.45, 2.75) is 26.8 Å². The van der Waals surface area contributed by atoms with Crippen molar-refractivity contribution < 1.29 is 9.47 Å². The summed E-state index contributed by atoms with van der Waals surface area (Å²) in [7, 11) is 5.07. The summed E-state index contributed by atoms with van der Waals surface area (Å²) in [6.07, 6.45) is 0.838. The molecule has 0 saturated carbocycles. The van der Waals surface area contributed by atoms with Gasteiger partial charge in [0.05, 0.1) is 25.6 Å². The molecule has 2 N–H and O–H groups in total. The summed E-state index contributed by atoms with van der Waals surface area (Å²) >= 11 is 0. The number of ether oxygens (including phenoxy) is 2. The van der Waals surface area contributed by atoms with Crippen LogP contribution in [0, 0.1) is 13.8 Å². The fraction of sp³-hybridized carbons (Fsp3) is 0.333. The molecule has 3 rings (SSSR count). The van der Waals surface area contributed by atoms with Crippen molar-refractivity contribution in [1.82, 2.24) is 20.4 Å². The van der Waals surface area contributed by atoms with Gasteiger partial charge in [-0.25, -0.2) is 4.68 Å². The molecule has 0 aliphatic rings. The molecule has 1 aromatic heterocycles. The van der Waals surface area contributed by atoms with Gasteiger partial charge in [-0.1, -0.05) is 24.3 Å². The Kier molecular flexibility index (Phi) is 7.54. The fourth-order valence-electron chi connectivity index (χ4n) is 3.51. The van der Waals surface area contributed by atoms with Crippen molar-refractivity contribution in [3.05, 3.63) is 71.0 Å². The van der Waals surface area contributed by atoms with Crippen LogP contribution in [0.2, 0.25) is 0 Å². The summed E-state index contributed by atoms with van der Waals surface area (Å²) in [6, 6.07) is 16.1. The fourth-order valence-corrected chi connectivity index (χ4v) is 3.51. The number of methoxy groups -OCH3 is 2. The van der Waals surface area contributed by atoms with Gasteiger partial charge in [-0.2, -0.15) is 5.10 Å². The molecule has 0 radical (unpaired) electrons. The van der Waals surface area contributed by atoms with Crippen molar-refractivity contribution in [3.63, 3.8) is 0 Å². The number of aryl methyl sites for hydroxylation is 1. The highest BCUT2D eigenvalue weighted by molar-refractivity contribution is 5.79. The third-order valence-electron chi connectivity index (χ3n) is 5.25. The molecule has 0 aliphatic heterocycles. The highest BCUT2D eigenvalue weighted by Gasteiger charge is 2.13. The SMILES string of the molecule is CN=C(NCCc1ccc(OC)c(OC)c1)NCc1c(C)nn(-c2ccccc2)c1C. The monoisotopic (exact) mass is 421 g/mol. The molecule has 0 atom stereocenters. The Morgan fingerprint density at radius 2 is 1.74 bits per heavy atom. The maximum Gasteiger partial charge on any atom is 0.191 e. The normalized spacial score (nSPS) is 11.3. The Balaban J connectivity index is 1.57. The number of guanidine groups is 1. The zero-order valence-electron chi connectivity index (χ0n) is 18.9. The predicted molar refractivity (Wildman–Crippen MR) is 124 cm³/mol. The smallest absolute Gasteiger partial charge is 0.191 e. The van der Waals surface area contributed by atoms with Gasteiger partial charge in [-0.3, -0.25) is 4.99 Å². The zero-order valence-corrected chi connectivity index (χ0v) is 18.9. The number of hydrogen-bond acceptors (Lipinski definition) is 4. The van der Waals surface area contributed by atoms with Gasteiger partial charge in [0.2, 0.25) is 0 Å². The van der Waals surface area contributed by atoms with E-state index in [0.717, 1.165) is 53.1 Å². The molecule has 0 bridgehead atoms. The minimum Gasteiger partial charge on any atom is -0.493 e. The van der Waals surface area contributed by atoms with E-state index in [1.807, 2.05) is 48.0 Å². The third kappa shape index (κ3) is 5.36. The summed E-state index contributed by atoms with van der Waals surface area (Å²) in [6.45, 7) is 5.53. The molecule has 0 fully saturated rings. The Labute approximate surface area is 184 Å². The zero-order chi connectivity index (χ0) is 22.2. The Bertz CT molecular complexity index is 1030. The quantitative estimate of drug-likeness (QED) is 0.431. The molecule has 2 aromatic carbocycles. The standard InChI is InChI=1S/C24H31N5O2/c1-17-21(18(2)29(28-17)20-9-7-6-8-10-20)16-27-24(25-3)26-14-13-19-11-12-22(30-4)23(15-19)31-5/h6-12,15H,13-14,16H2,1-5H3,(H2,25,26,27). The first-order chi connectivity index (χ1) is 15.1. The van der Waals surface area contributed by atoms with Crippen molar-refractivity contribution in [2.24, 2.45) is 4.99 Å². The number of rotatable bonds is 8. The molecule has 0 aliphatic carbocycles. The van der Waals surface area contributed by atoms with Crippen LogP contribution in [0.1, 0.15) is 22.5 Å². The third-order valence-corrected chi connectivity index (χ3v) is 5.25. The average molecular weight is 422 g/mol. The molecule has 164 valence electrons. The molecule has 0 amide bonds. The topological polar surface area (TPSA) is 72.7 Å². The predicted octanol–water partition coefficient (Wildman–Crippen LogP) is 3.41. The Hall–Kier alpha value is -3.48. The minimum atomic E-state index is 0.653. The van der Waals surface area contributed by atoms with Gasteiger partial charge >= 0.3 is 0 Å². The van der Waals surface area contributed by atoms with Crippen LogP contribution in [0.25, 0.3) is 5.69 Å².